The SMILES string of the molecule is COC(=O)C1=C(C)N(c2ccc(C)c(C)c2)C(=O)/C1=C/c1ccc(CNC(=O)C(=O)Nc2cccc(Cl)c2)o1. The number of carbonyl (C=O) groups is 4. The average Bonchev–Trinajstić information content (AvgIpc) is 3.45. The van der Waals surface area contributed by atoms with Crippen LogP contribution in [0.25, 0.3) is 6.08 Å². The van der Waals surface area contributed by atoms with Crippen molar-refractivity contribution in [1.82, 2.24) is 5.32 Å². The van der Waals surface area contributed by atoms with Crippen LogP contribution in [0.3, 0.4) is 0 Å². The van der Waals surface area contributed by atoms with E-state index in [1.54, 1.807) is 37.3 Å². The Kier molecular flexibility index (Phi) is 8.01. The van der Waals surface area contributed by atoms with Gasteiger partial charge in [-0.1, -0.05) is 23.7 Å². The number of carbonyl (C=O) groups excluding carboxylic acids is 4. The Morgan fingerprint density at radius 1 is 1.00 bits per heavy atom. The molecule has 3 amide bonds. The minimum absolute atomic E-state index is 0.0770. The topological polar surface area (TPSA) is 118 Å². The van der Waals surface area contributed by atoms with E-state index in [9.17, 15) is 19.2 Å². The third-order valence-electron chi connectivity index (χ3n) is 6.22. The maximum Gasteiger partial charge on any atom is 0.340 e. The predicted molar refractivity (Wildman–Crippen MR) is 147 cm³/mol. The van der Waals surface area contributed by atoms with Gasteiger partial charge < -0.3 is 19.8 Å². The molecule has 0 radical (unpaired) electrons. The van der Waals surface area contributed by atoms with Crippen molar-refractivity contribution in [2.24, 2.45) is 0 Å². The summed E-state index contributed by atoms with van der Waals surface area (Å²) in [6.45, 7) is 5.52. The van der Waals surface area contributed by atoms with E-state index in [2.05, 4.69) is 10.6 Å². The van der Waals surface area contributed by atoms with Crippen LogP contribution in [0.2, 0.25) is 5.02 Å². The molecule has 0 atom stereocenters. The van der Waals surface area contributed by atoms with Gasteiger partial charge in [-0.25, -0.2) is 4.79 Å². The minimum Gasteiger partial charge on any atom is -0.465 e. The summed E-state index contributed by atoms with van der Waals surface area (Å²) in [6.07, 6.45) is 1.45. The van der Waals surface area contributed by atoms with Crippen LogP contribution in [0.1, 0.15) is 29.6 Å². The standard InChI is InChI=1S/C29H26ClN3O6/c1-16-8-9-21(12-17(16)2)33-18(3)25(29(37)38-4)24(28(33)36)14-22-10-11-23(39-22)15-31-26(34)27(35)32-20-7-5-6-19(30)13-20/h5-14H,15H2,1-4H3,(H,31,34)(H,32,35)/b24-14+. The van der Waals surface area contributed by atoms with Crippen molar-refractivity contribution in [2.75, 3.05) is 17.3 Å². The second kappa shape index (κ2) is 11.4. The average molecular weight is 548 g/mol. The number of rotatable bonds is 6. The molecule has 2 heterocycles. The summed E-state index contributed by atoms with van der Waals surface area (Å²) in [6, 6.07) is 15.2. The Labute approximate surface area is 230 Å². The van der Waals surface area contributed by atoms with Crippen molar-refractivity contribution in [1.29, 1.82) is 0 Å². The summed E-state index contributed by atoms with van der Waals surface area (Å²) in [4.78, 5) is 52.0. The molecule has 1 aliphatic rings. The van der Waals surface area contributed by atoms with Crippen LogP contribution in [0.4, 0.5) is 11.4 Å². The van der Waals surface area contributed by atoms with E-state index in [0.717, 1.165) is 11.1 Å². The summed E-state index contributed by atoms with van der Waals surface area (Å²) in [5.74, 6) is -2.17. The molecule has 1 aliphatic heterocycles. The lowest BCUT2D eigenvalue weighted by molar-refractivity contribution is -0.136. The van der Waals surface area contributed by atoms with Crippen LogP contribution in [0.5, 0.6) is 0 Å². The van der Waals surface area contributed by atoms with Crippen molar-refractivity contribution < 1.29 is 28.3 Å². The number of benzene rings is 2. The summed E-state index contributed by atoms with van der Waals surface area (Å²) in [5, 5.41) is 5.35. The third-order valence-corrected chi connectivity index (χ3v) is 6.45. The fourth-order valence-electron chi connectivity index (χ4n) is 4.07. The Morgan fingerprint density at radius 2 is 1.77 bits per heavy atom. The van der Waals surface area contributed by atoms with Gasteiger partial charge in [-0.3, -0.25) is 19.3 Å². The van der Waals surface area contributed by atoms with Gasteiger partial charge in [0.25, 0.3) is 5.91 Å². The van der Waals surface area contributed by atoms with Crippen LogP contribution in [-0.2, 0) is 30.5 Å². The van der Waals surface area contributed by atoms with Gasteiger partial charge in [0.05, 0.1) is 24.8 Å². The maximum absolute atomic E-state index is 13.5. The van der Waals surface area contributed by atoms with E-state index in [0.29, 0.717) is 27.9 Å². The van der Waals surface area contributed by atoms with Crippen molar-refractivity contribution in [2.45, 2.75) is 27.3 Å². The highest BCUT2D eigenvalue weighted by Gasteiger charge is 2.38. The minimum atomic E-state index is -0.868. The van der Waals surface area contributed by atoms with E-state index in [1.165, 1.54) is 24.2 Å². The van der Waals surface area contributed by atoms with Crippen LogP contribution < -0.4 is 15.5 Å². The van der Waals surface area contributed by atoms with Crippen molar-refractivity contribution in [3.63, 3.8) is 0 Å². The molecular formula is C29H26ClN3O6. The number of anilines is 2. The predicted octanol–water partition coefficient (Wildman–Crippen LogP) is 4.68. The fraction of sp³-hybridized carbons (Fsp3) is 0.172. The highest BCUT2D eigenvalue weighted by Crippen LogP contribution is 2.36. The molecule has 39 heavy (non-hydrogen) atoms. The van der Waals surface area contributed by atoms with Gasteiger partial charge in [0.1, 0.15) is 11.5 Å². The number of furan rings is 1. The maximum atomic E-state index is 13.5. The summed E-state index contributed by atoms with van der Waals surface area (Å²) in [7, 11) is 1.25. The second-order valence-electron chi connectivity index (χ2n) is 8.87. The zero-order valence-electron chi connectivity index (χ0n) is 21.8. The summed E-state index contributed by atoms with van der Waals surface area (Å²) >= 11 is 5.89. The molecule has 1 aromatic heterocycles. The first-order chi connectivity index (χ1) is 18.6. The lowest BCUT2D eigenvalue weighted by Gasteiger charge is -2.19. The van der Waals surface area contributed by atoms with Gasteiger partial charge in [0.15, 0.2) is 0 Å². The van der Waals surface area contributed by atoms with Gasteiger partial charge in [-0.15, -0.1) is 0 Å². The van der Waals surface area contributed by atoms with E-state index < -0.39 is 23.7 Å². The van der Waals surface area contributed by atoms with Crippen LogP contribution >= 0.6 is 11.6 Å². The largest absolute Gasteiger partial charge is 0.465 e. The summed E-state index contributed by atoms with van der Waals surface area (Å²) in [5.41, 5.74) is 3.77. The third kappa shape index (κ3) is 5.94. The van der Waals surface area contributed by atoms with E-state index in [1.807, 2.05) is 32.0 Å². The number of esters is 1. The number of hydrogen-bond acceptors (Lipinski definition) is 6. The molecule has 9 nitrogen and oxygen atoms in total. The second-order valence-corrected chi connectivity index (χ2v) is 9.31. The first-order valence-corrected chi connectivity index (χ1v) is 12.3. The molecule has 200 valence electrons. The molecular weight excluding hydrogens is 522 g/mol. The molecule has 0 saturated carbocycles. The Bertz CT molecular complexity index is 1550. The molecule has 0 aliphatic carbocycles. The van der Waals surface area contributed by atoms with E-state index in [4.69, 9.17) is 20.8 Å². The van der Waals surface area contributed by atoms with Gasteiger partial charge in [0.2, 0.25) is 0 Å². The number of methoxy groups -OCH3 is 1. The van der Waals surface area contributed by atoms with Gasteiger partial charge in [0, 0.05) is 22.1 Å². The number of ether oxygens (including phenoxy) is 1. The number of nitrogens with one attached hydrogen (secondary N) is 2. The molecule has 0 saturated heterocycles. The van der Waals surface area contributed by atoms with Crippen LogP contribution in [0.15, 0.2) is 75.9 Å². The quantitative estimate of drug-likeness (QED) is 0.263. The highest BCUT2D eigenvalue weighted by atomic mass is 35.5. The normalized spacial score (nSPS) is 14.1. The molecule has 0 unspecified atom stereocenters. The summed E-state index contributed by atoms with van der Waals surface area (Å²) < 4.78 is 10.7. The Hall–Kier alpha value is -4.63. The number of hydrogen-bond donors (Lipinski definition) is 2. The Morgan fingerprint density at radius 3 is 2.46 bits per heavy atom. The monoisotopic (exact) mass is 547 g/mol. The molecule has 2 N–H and O–H groups in total. The molecule has 3 aromatic rings. The first kappa shape index (κ1) is 27.4. The highest BCUT2D eigenvalue weighted by molar-refractivity contribution is 6.39. The fourth-order valence-corrected chi connectivity index (χ4v) is 4.26. The van der Waals surface area contributed by atoms with Crippen LogP contribution in [0, 0.1) is 13.8 Å². The van der Waals surface area contributed by atoms with Crippen molar-refractivity contribution in [3.8, 4) is 0 Å². The number of amides is 3. The number of aryl methyl sites for hydroxylation is 2. The zero-order chi connectivity index (χ0) is 28.3. The first-order valence-electron chi connectivity index (χ1n) is 12.0. The van der Waals surface area contributed by atoms with E-state index >= 15 is 0 Å². The van der Waals surface area contributed by atoms with Gasteiger partial charge >= 0.3 is 17.8 Å². The molecule has 2 aromatic carbocycles. The molecule has 4 rings (SSSR count). The number of allylic oxidation sites excluding steroid dienone is 1. The van der Waals surface area contributed by atoms with Crippen LogP contribution in [-0.4, -0.2) is 30.8 Å². The van der Waals surface area contributed by atoms with Gasteiger partial charge in [-0.05, 0) is 80.4 Å². The molecule has 0 bridgehead atoms. The molecule has 10 heteroatoms. The molecule has 0 fully saturated rings. The number of halogens is 1. The zero-order valence-corrected chi connectivity index (χ0v) is 22.5. The number of nitrogens with zero attached hydrogens (tertiary/aromatic N) is 1. The lowest BCUT2D eigenvalue weighted by Crippen LogP contribution is -2.34. The Balaban J connectivity index is 1.50. The van der Waals surface area contributed by atoms with Crippen molar-refractivity contribution in [3.05, 3.63) is 99.1 Å². The van der Waals surface area contributed by atoms with Crippen molar-refractivity contribution >= 4 is 52.7 Å². The smallest absolute Gasteiger partial charge is 0.340 e. The molecule has 0 spiro atoms. The lowest BCUT2D eigenvalue weighted by atomic mass is 10.1. The van der Waals surface area contributed by atoms with Gasteiger partial charge in [-0.2, -0.15) is 0 Å². The van der Waals surface area contributed by atoms with E-state index in [-0.39, 0.29) is 23.5 Å².